The van der Waals surface area contributed by atoms with E-state index in [4.69, 9.17) is 0 Å². The molecule has 3 rings (SSSR count). The molecule has 120 valence electrons. The molecule has 0 aliphatic heterocycles. The summed E-state index contributed by atoms with van der Waals surface area (Å²) >= 11 is 5.07. The van der Waals surface area contributed by atoms with Gasteiger partial charge in [-0.1, -0.05) is 40.2 Å². The summed E-state index contributed by atoms with van der Waals surface area (Å²) in [6.45, 7) is 4.28. The lowest BCUT2D eigenvalue weighted by molar-refractivity contribution is 0.840. The number of hydrogen-bond acceptors (Lipinski definition) is 4. The van der Waals surface area contributed by atoms with Gasteiger partial charge in [0.2, 0.25) is 4.80 Å². The number of benzene rings is 1. The summed E-state index contributed by atoms with van der Waals surface area (Å²) < 4.78 is 2.88. The van der Waals surface area contributed by atoms with Crippen LogP contribution in [0.2, 0.25) is 0 Å². The van der Waals surface area contributed by atoms with E-state index in [1.54, 1.807) is 36.0 Å². The molecular formula is C18H15BrN4S. The summed E-state index contributed by atoms with van der Waals surface area (Å²) in [7, 11) is 0. The van der Waals surface area contributed by atoms with E-state index >= 15 is 0 Å². The summed E-state index contributed by atoms with van der Waals surface area (Å²) in [4.78, 5) is 9.46. The van der Waals surface area contributed by atoms with Gasteiger partial charge in [-0.25, -0.2) is 4.68 Å². The van der Waals surface area contributed by atoms with Crippen LogP contribution in [0.3, 0.4) is 0 Å². The third-order valence-corrected chi connectivity index (χ3v) is 4.52. The van der Waals surface area contributed by atoms with Gasteiger partial charge in [-0.2, -0.15) is 5.10 Å². The number of pyridine rings is 1. The highest BCUT2D eigenvalue weighted by atomic mass is 79.9. The van der Waals surface area contributed by atoms with Gasteiger partial charge in [0.1, 0.15) is 0 Å². The van der Waals surface area contributed by atoms with Crippen molar-refractivity contribution >= 4 is 33.5 Å². The lowest BCUT2D eigenvalue weighted by Gasteiger charge is -2.04. The number of hydrogen-bond donors (Lipinski definition) is 0. The predicted octanol–water partition coefficient (Wildman–Crippen LogP) is 4.34. The van der Waals surface area contributed by atoms with Gasteiger partial charge in [-0.15, -0.1) is 17.9 Å². The molecule has 0 bridgehead atoms. The van der Waals surface area contributed by atoms with Gasteiger partial charge >= 0.3 is 0 Å². The van der Waals surface area contributed by atoms with Gasteiger partial charge in [0.15, 0.2) is 0 Å². The molecule has 0 saturated carbocycles. The second-order valence-corrected chi connectivity index (χ2v) is 6.64. The van der Waals surface area contributed by atoms with Crippen molar-refractivity contribution in [1.29, 1.82) is 0 Å². The lowest BCUT2D eigenvalue weighted by atomic mass is 10.2. The number of nitrogens with zero attached hydrogens (tertiary/aromatic N) is 4. The standard InChI is InChI=1S/C18H15BrN4S/c1-2-8-21-18-23(22-12-14-5-4-9-20-11-14)17(13-24-18)15-6-3-7-16(19)10-15/h2-7,9-13H,1,8H2/b21-18?,22-12-. The predicted molar refractivity (Wildman–Crippen MR) is 103 cm³/mol. The van der Waals surface area contributed by atoms with Crippen molar-refractivity contribution < 1.29 is 0 Å². The minimum Gasteiger partial charge on any atom is -0.264 e. The van der Waals surface area contributed by atoms with Gasteiger partial charge < -0.3 is 0 Å². The molecule has 2 aromatic heterocycles. The normalized spacial score (nSPS) is 12.0. The topological polar surface area (TPSA) is 42.5 Å². The average molecular weight is 399 g/mol. The summed E-state index contributed by atoms with van der Waals surface area (Å²) in [5.41, 5.74) is 3.00. The minimum atomic E-state index is 0.556. The molecule has 0 fully saturated rings. The van der Waals surface area contributed by atoms with E-state index in [2.05, 4.69) is 55.1 Å². The first-order chi connectivity index (χ1) is 11.8. The molecule has 1 aromatic carbocycles. The first kappa shape index (κ1) is 16.5. The highest BCUT2D eigenvalue weighted by molar-refractivity contribution is 9.10. The van der Waals surface area contributed by atoms with E-state index in [0.29, 0.717) is 6.54 Å². The Labute approximate surface area is 152 Å². The van der Waals surface area contributed by atoms with Crippen LogP contribution in [0.4, 0.5) is 0 Å². The maximum Gasteiger partial charge on any atom is 0.206 e. The molecule has 2 heterocycles. The molecule has 0 aliphatic rings. The van der Waals surface area contributed by atoms with Gasteiger partial charge in [-0.3, -0.25) is 9.98 Å². The molecule has 0 unspecified atom stereocenters. The first-order valence-corrected chi connectivity index (χ1v) is 8.97. The second-order valence-electron chi connectivity index (χ2n) is 4.89. The number of aromatic nitrogens is 2. The molecule has 3 aromatic rings. The monoisotopic (exact) mass is 398 g/mol. The Bertz CT molecular complexity index is 925. The molecular weight excluding hydrogens is 384 g/mol. The molecule has 0 spiro atoms. The average Bonchev–Trinajstić information content (AvgIpc) is 3.02. The van der Waals surface area contributed by atoms with Crippen molar-refractivity contribution in [2.45, 2.75) is 0 Å². The largest absolute Gasteiger partial charge is 0.264 e. The van der Waals surface area contributed by atoms with Gasteiger partial charge in [0.25, 0.3) is 0 Å². The van der Waals surface area contributed by atoms with Gasteiger partial charge in [0.05, 0.1) is 18.5 Å². The molecule has 0 saturated heterocycles. The molecule has 0 aliphatic carbocycles. The van der Waals surface area contributed by atoms with E-state index in [0.717, 1.165) is 26.1 Å². The Morgan fingerprint density at radius 1 is 1.29 bits per heavy atom. The summed E-state index contributed by atoms with van der Waals surface area (Å²) in [6, 6.07) is 12.0. The lowest BCUT2D eigenvalue weighted by Crippen LogP contribution is -2.12. The van der Waals surface area contributed by atoms with Crippen molar-refractivity contribution in [2.24, 2.45) is 10.1 Å². The van der Waals surface area contributed by atoms with Crippen molar-refractivity contribution in [3.63, 3.8) is 0 Å². The van der Waals surface area contributed by atoms with Gasteiger partial charge in [0, 0.05) is 33.4 Å². The first-order valence-electron chi connectivity index (χ1n) is 7.30. The SMILES string of the molecule is C=CCN=c1scc(-c2cccc(Br)c2)n1/N=C\c1cccnc1. The van der Waals surface area contributed by atoms with Crippen LogP contribution in [0, 0.1) is 0 Å². The Hall–Kier alpha value is -2.31. The van der Waals surface area contributed by atoms with E-state index in [1.165, 1.54) is 0 Å². The molecule has 24 heavy (non-hydrogen) atoms. The zero-order valence-corrected chi connectivity index (χ0v) is 15.2. The molecule has 4 nitrogen and oxygen atoms in total. The molecule has 0 atom stereocenters. The third-order valence-electron chi connectivity index (χ3n) is 3.17. The Kier molecular flexibility index (Phi) is 5.51. The van der Waals surface area contributed by atoms with Crippen LogP contribution in [0.5, 0.6) is 0 Å². The minimum absolute atomic E-state index is 0.556. The maximum absolute atomic E-state index is 4.61. The Morgan fingerprint density at radius 3 is 2.96 bits per heavy atom. The van der Waals surface area contributed by atoms with Crippen LogP contribution in [0.15, 0.2) is 81.4 Å². The highest BCUT2D eigenvalue weighted by Crippen LogP contribution is 2.23. The number of halogens is 1. The molecule has 6 heteroatoms. The van der Waals surface area contributed by atoms with Crippen LogP contribution in [-0.4, -0.2) is 22.4 Å². The fourth-order valence-electron chi connectivity index (χ4n) is 2.08. The van der Waals surface area contributed by atoms with E-state index in [-0.39, 0.29) is 0 Å². The quantitative estimate of drug-likeness (QED) is 0.465. The van der Waals surface area contributed by atoms with Crippen molar-refractivity contribution in [3.8, 4) is 11.3 Å². The zero-order chi connectivity index (χ0) is 16.8. The van der Waals surface area contributed by atoms with Crippen LogP contribution < -0.4 is 4.80 Å². The maximum atomic E-state index is 4.61. The number of rotatable bonds is 5. The van der Waals surface area contributed by atoms with Crippen LogP contribution >= 0.6 is 27.3 Å². The van der Waals surface area contributed by atoms with E-state index < -0.39 is 0 Å². The molecule has 0 N–H and O–H groups in total. The fourth-order valence-corrected chi connectivity index (χ4v) is 3.33. The smallest absolute Gasteiger partial charge is 0.206 e. The van der Waals surface area contributed by atoms with Crippen molar-refractivity contribution in [3.05, 3.63) is 81.7 Å². The summed E-state index contributed by atoms with van der Waals surface area (Å²) in [6.07, 6.45) is 7.07. The van der Waals surface area contributed by atoms with Crippen LogP contribution in [-0.2, 0) is 0 Å². The van der Waals surface area contributed by atoms with Crippen molar-refractivity contribution in [1.82, 2.24) is 9.66 Å². The van der Waals surface area contributed by atoms with Gasteiger partial charge in [-0.05, 0) is 18.2 Å². The molecule has 0 amide bonds. The van der Waals surface area contributed by atoms with Crippen LogP contribution in [0.25, 0.3) is 11.3 Å². The molecule has 0 radical (unpaired) electrons. The van der Waals surface area contributed by atoms with E-state index in [9.17, 15) is 0 Å². The third kappa shape index (κ3) is 3.96. The zero-order valence-electron chi connectivity index (χ0n) is 12.8. The highest BCUT2D eigenvalue weighted by Gasteiger charge is 2.07. The van der Waals surface area contributed by atoms with Crippen molar-refractivity contribution in [2.75, 3.05) is 6.54 Å². The summed E-state index contributed by atoms with van der Waals surface area (Å²) in [5, 5.41) is 6.67. The van der Waals surface area contributed by atoms with E-state index in [1.807, 2.05) is 28.9 Å². The Balaban J connectivity index is 2.08. The fraction of sp³-hybridized carbons (Fsp3) is 0.0556. The number of thiazole rings is 1. The summed E-state index contributed by atoms with van der Waals surface area (Å²) in [5.74, 6) is 0. The second kappa shape index (κ2) is 7.99. The Morgan fingerprint density at radius 2 is 2.21 bits per heavy atom. The van der Waals surface area contributed by atoms with Crippen LogP contribution in [0.1, 0.15) is 5.56 Å².